The van der Waals surface area contributed by atoms with E-state index in [1.807, 2.05) is 6.07 Å². The number of benzene rings is 1. The van der Waals surface area contributed by atoms with Gasteiger partial charge in [-0.1, -0.05) is 50.1 Å². The van der Waals surface area contributed by atoms with Crippen LogP contribution in [0.4, 0.5) is 0 Å². The Morgan fingerprint density at radius 3 is 2.79 bits per heavy atom. The van der Waals surface area contributed by atoms with Crippen LogP contribution in [0, 0.1) is 0 Å². The van der Waals surface area contributed by atoms with E-state index in [0.29, 0.717) is 0 Å². The fourth-order valence-corrected chi connectivity index (χ4v) is 4.21. The molecule has 1 aliphatic heterocycles. The molecule has 2 aliphatic rings. The van der Waals surface area contributed by atoms with Crippen molar-refractivity contribution < 1.29 is 5.11 Å². The molecule has 24 heavy (non-hydrogen) atoms. The number of amidine groups is 1. The van der Waals surface area contributed by atoms with Crippen LogP contribution >= 0.6 is 0 Å². The quantitative estimate of drug-likeness (QED) is 0.849. The molecule has 3 rings (SSSR count). The van der Waals surface area contributed by atoms with Crippen molar-refractivity contribution in [1.82, 2.24) is 4.90 Å². The zero-order chi connectivity index (χ0) is 16.8. The van der Waals surface area contributed by atoms with Crippen molar-refractivity contribution in [2.45, 2.75) is 76.4 Å². The lowest BCUT2D eigenvalue weighted by molar-refractivity contribution is 0.0378. The summed E-state index contributed by atoms with van der Waals surface area (Å²) in [4.78, 5) is 7.47. The fourth-order valence-electron chi connectivity index (χ4n) is 4.21. The van der Waals surface area contributed by atoms with E-state index in [9.17, 15) is 5.11 Å². The van der Waals surface area contributed by atoms with Crippen LogP contribution in [0.5, 0.6) is 0 Å². The van der Waals surface area contributed by atoms with Crippen molar-refractivity contribution in [3.63, 3.8) is 0 Å². The molecule has 0 amide bonds. The van der Waals surface area contributed by atoms with Crippen molar-refractivity contribution >= 4 is 5.84 Å². The van der Waals surface area contributed by atoms with Gasteiger partial charge in [-0.15, -0.1) is 0 Å². The molecule has 1 aliphatic carbocycles. The molecule has 0 aromatic heterocycles. The first kappa shape index (κ1) is 17.5. The number of aliphatic hydroxyl groups is 1. The van der Waals surface area contributed by atoms with Crippen LogP contribution in [0.25, 0.3) is 0 Å². The van der Waals surface area contributed by atoms with Crippen molar-refractivity contribution in [3.8, 4) is 0 Å². The molecule has 2 fully saturated rings. The van der Waals surface area contributed by atoms with Crippen LogP contribution in [0.2, 0.25) is 0 Å². The van der Waals surface area contributed by atoms with E-state index < -0.39 is 5.72 Å². The van der Waals surface area contributed by atoms with Crippen molar-refractivity contribution in [3.05, 3.63) is 35.9 Å². The van der Waals surface area contributed by atoms with Gasteiger partial charge in [-0.05, 0) is 44.1 Å². The Kier molecular flexibility index (Phi) is 5.94. The molecule has 0 spiro atoms. The van der Waals surface area contributed by atoms with Crippen LogP contribution in [-0.2, 0) is 0 Å². The molecule has 1 saturated heterocycles. The molecule has 3 nitrogen and oxygen atoms in total. The van der Waals surface area contributed by atoms with E-state index in [1.54, 1.807) is 0 Å². The van der Waals surface area contributed by atoms with Gasteiger partial charge in [0.2, 0.25) is 0 Å². The third kappa shape index (κ3) is 4.00. The minimum atomic E-state index is -0.911. The predicted molar refractivity (Wildman–Crippen MR) is 100 cm³/mol. The summed E-state index contributed by atoms with van der Waals surface area (Å²) in [6.07, 6.45) is 10.1. The second-order valence-electron chi connectivity index (χ2n) is 7.41. The summed E-state index contributed by atoms with van der Waals surface area (Å²) in [6, 6.07) is 10.5. The Morgan fingerprint density at radius 1 is 1.17 bits per heavy atom. The molecule has 1 saturated carbocycles. The second-order valence-corrected chi connectivity index (χ2v) is 7.41. The van der Waals surface area contributed by atoms with Gasteiger partial charge in [0, 0.05) is 25.4 Å². The maximum absolute atomic E-state index is 11.4. The summed E-state index contributed by atoms with van der Waals surface area (Å²) in [5.74, 6) is 1.30. The van der Waals surface area contributed by atoms with E-state index in [2.05, 4.69) is 36.1 Å². The summed E-state index contributed by atoms with van der Waals surface area (Å²) in [6.45, 7) is 4.43. The maximum Gasteiger partial charge on any atom is 0.164 e. The lowest BCUT2D eigenvalue weighted by Crippen LogP contribution is -2.37. The Hall–Kier alpha value is -1.35. The minimum Gasteiger partial charge on any atom is -0.368 e. The van der Waals surface area contributed by atoms with Gasteiger partial charge in [-0.25, -0.2) is 4.99 Å². The first-order chi connectivity index (χ1) is 11.7. The summed E-state index contributed by atoms with van der Waals surface area (Å²) in [5, 5.41) is 11.4. The van der Waals surface area contributed by atoms with Gasteiger partial charge in [0.05, 0.1) is 0 Å². The molecule has 1 aromatic rings. The number of likely N-dealkylation sites (tertiary alicyclic amines) is 1. The lowest BCUT2D eigenvalue weighted by atomic mass is 9.91. The van der Waals surface area contributed by atoms with Crippen LogP contribution in [-0.4, -0.2) is 34.7 Å². The number of rotatable bonds is 5. The van der Waals surface area contributed by atoms with Gasteiger partial charge in [-0.2, -0.15) is 0 Å². The molecule has 2 atom stereocenters. The van der Waals surface area contributed by atoms with Gasteiger partial charge in [-0.3, -0.25) is 0 Å². The maximum atomic E-state index is 11.4. The van der Waals surface area contributed by atoms with E-state index in [0.717, 1.165) is 44.6 Å². The Balaban J connectivity index is 1.84. The highest BCUT2D eigenvalue weighted by atomic mass is 16.3. The highest BCUT2D eigenvalue weighted by Gasteiger charge is 2.42. The molecule has 132 valence electrons. The molecule has 0 bridgehead atoms. The Morgan fingerprint density at radius 2 is 2.00 bits per heavy atom. The van der Waals surface area contributed by atoms with E-state index in [4.69, 9.17) is 4.99 Å². The van der Waals surface area contributed by atoms with Gasteiger partial charge in [0.15, 0.2) is 5.72 Å². The fraction of sp³-hybridized carbons (Fsp3) is 0.667. The number of hydrogen-bond donors (Lipinski definition) is 1. The summed E-state index contributed by atoms with van der Waals surface area (Å²) in [5.41, 5.74) is 0.321. The highest BCUT2D eigenvalue weighted by molar-refractivity contribution is 5.83. The average molecular weight is 328 g/mol. The molecule has 1 N–H and O–H groups in total. The molecule has 1 heterocycles. The van der Waals surface area contributed by atoms with E-state index in [-0.39, 0.29) is 5.92 Å². The van der Waals surface area contributed by atoms with Crippen LogP contribution < -0.4 is 0 Å². The SMILES string of the molecule is CCCCN1CCCCCC1=N[C@]1(O)CCC[C@@H]1c1ccccc1. The van der Waals surface area contributed by atoms with E-state index in [1.165, 1.54) is 37.7 Å². The Labute approximate surface area is 146 Å². The number of aliphatic imine (C=N–C) groups is 1. The summed E-state index contributed by atoms with van der Waals surface area (Å²) in [7, 11) is 0. The van der Waals surface area contributed by atoms with Crippen LogP contribution in [0.3, 0.4) is 0 Å². The topological polar surface area (TPSA) is 35.8 Å². The summed E-state index contributed by atoms with van der Waals surface area (Å²) < 4.78 is 0. The van der Waals surface area contributed by atoms with Gasteiger partial charge in [0.25, 0.3) is 0 Å². The zero-order valence-corrected chi connectivity index (χ0v) is 15.1. The monoisotopic (exact) mass is 328 g/mol. The zero-order valence-electron chi connectivity index (χ0n) is 15.1. The molecule has 1 aromatic carbocycles. The molecular formula is C21H32N2O. The Bertz CT molecular complexity index is 542. The molecule has 0 unspecified atom stereocenters. The van der Waals surface area contributed by atoms with Crippen LogP contribution in [0.15, 0.2) is 35.3 Å². The smallest absolute Gasteiger partial charge is 0.164 e. The van der Waals surface area contributed by atoms with Gasteiger partial charge >= 0.3 is 0 Å². The largest absolute Gasteiger partial charge is 0.368 e. The first-order valence-corrected chi connectivity index (χ1v) is 9.84. The van der Waals surface area contributed by atoms with Crippen molar-refractivity contribution in [2.75, 3.05) is 13.1 Å². The van der Waals surface area contributed by atoms with Crippen LogP contribution in [0.1, 0.15) is 76.2 Å². The number of unbranched alkanes of at least 4 members (excludes halogenated alkanes) is 1. The normalized spacial score (nSPS) is 29.8. The van der Waals surface area contributed by atoms with E-state index >= 15 is 0 Å². The van der Waals surface area contributed by atoms with Crippen molar-refractivity contribution in [2.24, 2.45) is 4.99 Å². The molecule has 0 radical (unpaired) electrons. The number of hydrogen-bond acceptors (Lipinski definition) is 2. The molecular weight excluding hydrogens is 296 g/mol. The second kappa shape index (κ2) is 8.15. The number of nitrogens with zero attached hydrogens (tertiary/aromatic N) is 2. The minimum absolute atomic E-state index is 0.141. The van der Waals surface area contributed by atoms with Gasteiger partial charge in [0.1, 0.15) is 5.84 Å². The lowest BCUT2D eigenvalue weighted by Gasteiger charge is -2.31. The average Bonchev–Trinajstić information content (AvgIpc) is 2.84. The first-order valence-electron chi connectivity index (χ1n) is 9.84. The summed E-state index contributed by atoms with van der Waals surface area (Å²) >= 11 is 0. The molecule has 3 heteroatoms. The van der Waals surface area contributed by atoms with Gasteiger partial charge < -0.3 is 10.0 Å². The standard InChI is InChI=1S/C21H32N2O/c1-2-3-16-23-17-9-5-8-14-20(23)22-21(24)15-10-13-19(21)18-11-6-4-7-12-18/h4,6-7,11-12,19,24H,2-3,5,8-10,13-17H2,1H3/t19-,21+/m1/s1. The van der Waals surface area contributed by atoms with Crippen molar-refractivity contribution in [1.29, 1.82) is 0 Å². The predicted octanol–water partition coefficient (Wildman–Crippen LogP) is 4.72. The third-order valence-corrected chi connectivity index (χ3v) is 5.60. The highest BCUT2D eigenvalue weighted by Crippen LogP contribution is 2.44. The third-order valence-electron chi connectivity index (χ3n) is 5.60.